The van der Waals surface area contributed by atoms with Crippen LogP contribution < -0.4 is 0 Å². The van der Waals surface area contributed by atoms with Gasteiger partial charge in [-0.05, 0) is 18.4 Å². The molecule has 2 rings (SSSR count). The van der Waals surface area contributed by atoms with Crippen molar-refractivity contribution in [2.75, 3.05) is 0 Å². The SMILES string of the molecule is Cc1sccc1C(=O)c1cnn(C)c1. The fourth-order valence-electron chi connectivity index (χ4n) is 1.31. The molecule has 0 aliphatic carbocycles. The minimum absolute atomic E-state index is 0.0526. The number of hydrogen-bond donors (Lipinski definition) is 0. The number of carbonyl (C=O) groups is 1. The highest BCUT2D eigenvalue weighted by molar-refractivity contribution is 7.10. The van der Waals surface area contributed by atoms with Crippen LogP contribution in [0.15, 0.2) is 23.8 Å². The van der Waals surface area contributed by atoms with Gasteiger partial charge in [-0.3, -0.25) is 9.48 Å². The maximum Gasteiger partial charge on any atom is 0.197 e. The summed E-state index contributed by atoms with van der Waals surface area (Å²) in [4.78, 5) is 12.9. The van der Waals surface area contributed by atoms with Crippen molar-refractivity contribution in [3.8, 4) is 0 Å². The summed E-state index contributed by atoms with van der Waals surface area (Å²) in [6.07, 6.45) is 3.33. The molecule has 0 radical (unpaired) electrons. The highest BCUT2D eigenvalue weighted by Gasteiger charge is 2.13. The molecule has 0 aromatic carbocycles. The Balaban J connectivity index is 2.38. The summed E-state index contributed by atoms with van der Waals surface area (Å²) in [5.41, 5.74) is 1.43. The highest BCUT2D eigenvalue weighted by Crippen LogP contribution is 2.18. The van der Waals surface area contributed by atoms with Crippen LogP contribution in [-0.4, -0.2) is 15.6 Å². The van der Waals surface area contributed by atoms with Gasteiger partial charge in [-0.15, -0.1) is 11.3 Å². The van der Waals surface area contributed by atoms with Crippen molar-refractivity contribution in [3.05, 3.63) is 39.8 Å². The first-order chi connectivity index (χ1) is 6.68. The third-order valence-corrected chi connectivity index (χ3v) is 2.92. The van der Waals surface area contributed by atoms with Gasteiger partial charge < -0.3 is 0 Å². The molecule has 0 aliphatic rings. The topological polar surface area (TPSA) is 34.9 Å². The van der Waals surface area contributed by atoms with Crippen molar-refractivity contribution < 1.29 is 4.79 Å². The van der Waals surface area contributed by atoms with Crippen LogP contribution in [0.1, 0.15) is 20.8 Å². The van der Waals surface area contributed by atoms with Gasteiger partial charge in [0.1, 0.15) is 0 Å². The van der Waals surface area contributed by atoms with E-state index in [-0.39, 0.29) is 5.78 Å². The molecular formula is C10H10N2OS. The Hall–Kier alpha value is -1.42. The van der Waals surface area contributed by atoms with E-state index >= 15 is 0 Å². The van der Waals surface area contributed by atoms with Gasteiger partial charge in [0.05, 0.1) is 11.8 Å². The third-order valence-electron chi connectivity index (χ3n) is 2.07. The summed E-state index contributed by atoms with van der Waals surface area (Å²) >= 11 is 1.59. The zero-order valence-electron chi connectivity index (χ0n) is 8.02. The molecule has 0 aliphatic heterocycles. The summed E-state index contributed by atoms with van der Waals surface area (Å²) in [7, 11) is 1.80. The lowest BCUT2D eigenvalue weighted by atomic mass is 10.1. The minimum Gasteiger partial charge on any atom is -0.288 e. The van der Waals surface area contributed by atoms with E-state index in [1.165, 1.54) is 0 Å². The number of aromatic nitrogens is 2. The van der Waals surface area contributed by atoms with E-state index in [9.17, 15) is 4.79 Å². The standard InChI is InChI=1S/C10H10N2OS/c1-7-9(3-4-14-7)10(13)8-5-11-12(2)6-8/h3-6H,1-2H3. The fraction of sp³-hybridized carbons (Fsp3) is 0.200. The van der Waals surface area contributed by atoms with Crippen molar-refractivity contribution in [1.82, 2.24) is 9.78 Å². The Labute approximate surface area is 86.0 Å². The van der Waals surface area contributed by atoms with Crippen LogP contribution in [0.2, 0.25) is 0 Å². The van der Waals surface area contributed by atoms with E-state index in [0.717, 1.165) is 10.4 Å². The number of nitrogens with zero attached hydrogens (tertiary/aromatic N) is 2. The molecule has 0 fully saturated rings. The molecule has 4 heteroatoms. The zero-order chi connectivity index (χ0) is 10.1. The molecule has 0 saturated heterocycles. The summed E-state index contributed by atoms with van der Waals surface area (Å²) in [6.45, 7) is 1.95. The molecule has 0 spiro atoms. The number of hydrogen-bond acceptors (Lipinski definition) is 3. The predicted octanol–water partition coefficient (Wildman–Crippen LogP) is 2.02. The van der Waals surface area contributed by atoms with Crippen molar-refractivity contribution in [2.24, 2.45) is 7.05 Å². The Kier molecular flexibility index (Phi) is 2.21. The first-order valence-corrected chi connectivity index (χ1v) is 5.14. The van der Waals surface area contributed by atoms with Crippen molar-refractivity contribution in [3.63, 3.8) is 0 Å². The number of thiophene rings is 1. The number of ketones is 1. The van der Waals surface area contributed by atoms with Crippen molar-refractivity contribution in [1.29, 1.82) is 0 Å². The molecule has 2 heterocycles. The second-order valence-electron chi connectivity index (χ2n) is 3.12. The second-order valence-corrected chi connectivity index (χ2v) is 4.24. The quantitative estimate of drug-likeness (QED) is 0.705. The van der Waals surface area contributed by atoms with Crippen LogP contribution in [0.4, 0.5) is 0 Å². The van der Waals surface area contributed by atoms with Gasteiger partial charge in [-0.25, -0.2) is 0 Å². The first-order valence-electron chi connectivity index (χ1n) is 4.26. The van der Waals surface area contributed by atoms with Gasteiger partial charge >= 0.3 is 0 Å². The largest absolute Gasteiger partial charge is 0.288 e. The molecule has 0 N–H and O–H groups in total. The lowest BCUT2D eigenvalue weighted by molar-refractivity contribution is 0.103. The van der Waals surface area contributed by atoms with Gasteiger partial charge in [0.25, 0.3) is 0 Å². The zero-order valence-corrected chi connectivity index (χ0v) is 8.84. The van der Waals surface area contributed by atoms with Gasteiger partial charge in [-0.1, -0.05) is 0 Å². The molecule has 2 aromatic rings. The average molecular weight is 206 g/mol. The molecule has 3 nitrogen and oxygen atoms in total. The Bertz CT molecular complexity index is 470. The molecule has 0 bridgehead atoms. The molecular weight excluding hydrogens is 196 g/mol. The summed E-state index contributed by atoms with van der Waals surface area (Å²) < 4.78 is 1.63. The van der Waals surface area contributed by atoms with E-state index < -0.39 is 0 Å². The van der Waals surface area contributed by atoms with Crippen LogP contribution in [0.5, 0.6) is 0 Å². The maximum atomic E-state index is 11.9. The van der Waals surface area contributed by atoms with E-state index in [0.29, 0.717) is 5.56 Å². The predicted molar refractivity (Wildman–Crippen MR) is 55.7 cm³/mol. The second kappa shape index (κ2) is 3.38. The van der Waals surface area contributed by atoms with E-state index in [2.05, 4.69) is 5.10 Å². The van der Waals surface area contributed by atoms with Crippen LogP contribution >= 0.6 is 11.3 Å². The first kappa shape index (κ1) is 9.15. The van der Waals surface area contributed by atoms with Gasteiger partial charge in [0.15, 0.2) is 5.78 Å². The Morgan fingerprint density at radius 1 is 1.57 bits per heavy atom. The van der Waals surface area contributed by atoms with Crippen LogP contribution in [0, 0.1) is 6.92 Å². The smallest absolute Gasteiger partial charge is 0.197 e. The molecule has 14 heavy (non-hydrogen) atoms. The lowest BCUT2D eigenvalue weighted by Crippen LogP contribution is -1.99. The number of carbonyl (C=O) groups excluding carboxylic acids is 1. The molecule has 0 atom stereocenters. The third kappa shape index (κ3) is 1.48. The van der Waals surface area contributed by atoms with E-state index in [4.69, 9.17) is 0 Å². The van der Waals surface area contributed by atoms with Gasteiger partial charge in [-0.2, -0.15) is 5.10 Å². The van der Waals surface area contributed by atoms with Crippen molar-refractivity contribution in [2.45, 2.75) is 6.92 Å². The van der Waals surface area contributed by atoms with Crippen LogP contribution in [-0.2, 0) is 7.05 Å². The van der Waals surface area contributed by atoms with Gasteiger partial charge in [0.2, 0.25) is 0 Å². The van der Waals surface area contributed by atoms with Crippen LogP contribution in [0.3, 0.4) is 0 Å². The number of aryl methyl sites for hydroxylation is 2. The average Bonchev–Trinajstić information content (AvgIpc) is 2.73. The highest BCUT2D eigenvalue weighted by atomic mass is 32.1. The van der Waals surface area contributed by atoms with E-state index in [1.807, 2.05) is 18.4 Å². The lowest BCUT2D eigenvalue weighted by Gasteiger charge is -1.94. The molecule has 0 unspecified atom stereocenters. The fourth-order valence-corrected chi connectivity index (χ4v) is 2.01. The van der Waals surface area contributed by atoms with Gasteiger partial charge in [0, 0.05) is 23.7 Å². The Morgan fingerprint density at radius 3 is 2.86 bits per heavy atom. The minimum atomic E-state index is 0.0526. The maximum absolute atomic E-state index is 11.9. The monoisotopic (exact) mass is 206 g/mol. The van der Waals surface area contributed by atoms with E-state index in [1.54, 1.807) is 35.5 Å². The van der Waals surface area contributed by atoms with Crippen molar-refractivity contribution >= 4 is 17.1 Å². The normalized spacial score (nSPS) is 10.4. The molecule has 0 amide bonds. The molecule has 0 saturated carbocycles. The number of rotatable bonds is 2. The molecule has 72 valence electrons. The Morgan fingerprint density at radius 2 is 2.36 bits per heavy atom. The summed E-state index contributed by atoms with van der Waals surface area (Å²) in [5, 5.41) is 5.91. The van der Waals surface area contributed by atoms with Crippen LogP contribution in [0.25, 0.3) is 0 Å². The molecule has 2 aromatic heterocycles. The summed E-state index contributed by atoms with van der Waals surface area (Å²) in [6, 6.07) is 1.86. The summed E-state index contributed by atoms with van der Waals surface area (Å²) in [5.74, 6) is 0.0526.